The van der Waals surface area contributed by atoms with Crippen molar-refractivity contribution in [3.8, 4) is 17.2 Å². The molecule has 0 saturated carbocycles. The summed E-state index contributed by atoms with van der Waals surface area (Å²) < 4.78 is 23.9. The number of carbonyl (C=O) groups excluding carboxylic acids is 1. The smallest absolute Gasteiger partial charge is 0.169 e. The fraction of sp³-hybridized carbons (Fsp3) is 0.364. The summed E-state index contributed by atoms with van der Waals surface area (Å²) in [7, 11) is 0. The number of hydrogen-bond acceptors (Lipinski definition) is 4. The number of fused-ring (bicyclic) bond motifs is 1. The molecule has 1 aromatic rings. The maximum atomic E-state index is 13.3. The zero-order valence-electron chi connectivity index (χ0n) is 8.53. The number of ether oxygens (including phenoxy) is 2. The minimum Gasteiger partial charge on any atom is -0.505 e. The van der Waals surface area contributed by atoms with E-state index in [2.05, 4.69) is 0 Å². The fourth-order valence-corrected chi connectivity index (χ4v) is 1.65. The van der Waals surface area contributed by atoms with Crippen LogP contribution in [0.15, 0.2) is 6.07 Å². The van der Waals surface area contributed by atoms with Gasteiger partial charge in [0.1, 0.15) is 19.5 Å². The molecule has 86 valence electrons. The van der Waals surface area contributed by atoms with Gasteiger partial charge in [0.05, 0.1) is 0 Å². The molecule has 0 aliphatic carbocycles. The van der Waals surface area contributed by atoms with Crippen molar-refractivity contribution in [2.45, 2.75) is 12.8 Å². The molecule has 1 aliphatic heterocycles. The highest BCUT2D eigenvalue weighted by molar-refractivity contribution is 5.57. The lowest BCUT2D eigenvalue weighted by molar-refractivity contribution is -0.107. The molecule has 0 aromatic heterocycles. The van der Waals surface area contributed by atoms with Gasteiger partial charge in [-0.15, -0.1) is 0 Å². The Morgan fingerprint density at radius 3 is 2.94 bits per heavy atom. The first-order valence-corrected chi connectivity index (χ1v) is 4.97. The van der Waals surface area contributed by atoms with E-state index in [-0.39, 0.29) is 18.6 Å². The van der Waals surface area contributed by atoms with E-state index in [1.165, 1.54) is 0 Å². The van der Waals surface area contributed by atoms with Gasteiger partial charge in [0.15, 0.2) is 23.1 Å². The van der Waals surface area contributed by atoms with Crippen LogP contribution in [-0.4, -0.2) is 24.6 Å². The van der Waals surface area contributed by atoms with E-state index in [4.69, 9.17) is 9.47 Å². The van der Waals surface area contributed by atoms with Crippen molar-refractivity contribution >= 4 is 6.29 Å². The van der Waals surface area contributed by atoms with Gasteiger partial charge in [-0.1, -0.05) is 0 Å². The molecule has 0 saturated heterocycles. The molecule has 0 atom stereocenters. The molecule has 5 heteroatoms. The number of phenols is 1. The third-order valence-corrected chi connectivity index (χ3v) is 2.37. The van der Waals surface area contributed by atoms with Gasteiger partial charge < -0.3 is 19.4 Å². The summed E-state index contributed by atoms with van der Waals surface area (Å²) >= 11 is 0. The monoisotopic (exact) mass is 226 g/mol. The van der Waals surface area contributed by atoms with Crippen molar-refractivity contribution in [1.29, 1.82) is 0 Å². The van der Waals surface area contributed by atoms with Crippen LogP contribution in [0.3, 0.4) is 0 Å². The summed E-state index contributed by atoms with van der Waals surface area (Å²) in [5, 5.41) is 9.55. The van der Waals surface area contributed by atoms with E-state index >= 15 is 0 Å². The van der Waals surface area contributed by atoms with Gasteiger partial charge in [0.2, 0.25) is 0 Å². The first-order valence-electron chi connectivity index (χ1n) is 4.97. The Balaban J connectivity index is 2.45. The molecule has 16 heavy (non-hydrogen) atoms. The summed E-state index contributed by atoms with van der Waals surface area (Å²) in [6.45, 7) is 0.705. The number of rotatable bonds is 3. The molecular formula is C11H11FO4. The van der Waals surface area contributed by atoms with Gasteiger partial charge in [0, 0.05) is 18.1 Å². The number of aldehydes is 1. The number of phenolic OH excluding ortho intramolecular Hbond substituents is 1. The molecule has 1 aliphatic rings. The molecule has 1 aromatic carbocycles. The molecule has 2 rings (SSSR count). The molecule has 0 bridgehead atoms. The van der Waals surface area contributed by atoms with Crippen LogP contribution in [0, 0.1) is 5.82 Å². The summed E-state index contributed by atoms with van der Waals surface area (Å²) in [4.78, 5) is 10.3. The summed E-state index contributed by atoms with van der Waals surface area (Å²) in [5.74, 6) is -0.606. The van der Waals surface area contributed by atoms with E-state index in [1.54, 1.807) is 0 Å². The second kappa shape index (κ2) is 4.38. The quantitative estimate of drug-likeness (QED) is 0.792. The van der Waals surface area contributed by atoms with Crippen molar-refractivity contribution in [2.24, 2.45) is 0 Å². The number of carbonyl (C=O) groups is 1. The average Bonchev–Trinajstić information content (AvgIpc) is 2.30. The molecule has 0 fully saturated rings. The third kappa shape index (κ3) is 1.80. The molecule has 0 amide bonds. The predicted molar refractivity (Wildman–Crippen MR) is 53.4 cm³/mol. The lowest BCUT2D eigenvalue weighted by atomic mass is 10.1. The standard InChI is InChI=1S/C11H11FO4/c12-8-6-9-11(16-5-4-15-9)7(10(8)14)2-1-3-13/h3,6,14H,1-2,4-5H2. The molecule has 0 unspecified atom stereocenters. The lowest BCUT2D eigenvalue weighted by Crippen LogP contribution is -2.17. The van der Waals surface area contributed by atoms with Gasteiger partial charge >= 0.3 is 0 Å². The van der Waals surface area contributed by atoms with Crippen molar-refractivity contribution in [2.75, 3.05) is 13.2 Å². The fourth-order valence-electron chi connectivity index (χ4n) is 1.65. The van der Waals surface area contributed by atoms with Crippen LogP contribution in [0.2, 0.25) is 0 Å². The lowest BCUT2D eigenvalue weighted by Gasteiger charge is -2.21. The number of aromatic hydroxyl groups is 1. The Labute approximate surface area is 91.6 Å². The maximum Gasteiger partial charge on any atom is 0.169 e. The molecule has 1 N–H and O–H groups in total. The largest absolute Gasteiger partial charge is 0.505 e. The number of benzene rings is 1. The minimum absolute atomic E-state index is 0.201. The minimum atomic E-state index is -0.759. The predicted octanol–water partition coefficient (Wildman–Crippen LogP) is 1.43. The summed E-state index contributed by atoms with van der Waals surface area (Å²) in [6.07, 6.45) is 1.14. The Hall–Kier alpha value is -1.78. The Morgan fingerprint density at radius 2 is 2.19 bits per heavy atom. The zero-order chi connectivity index (χ0) is 11.5. The van der Waals surface area contributed by atoms with Crippen LogP contribution in [-0.2, 0) is 11.2 Å². The van der Waals surface area contributed by atoms with Crippen molar-refractivity contribution in [3.63, 3.8) is 0 Å². The van der Waals surface area contributed by atoms with Crippen LogP contribution in [0.1, 0.15) is 12.0 Å². The average molecular weight is 226 g/mol. The van der Waals surface area contributed by atoms with Gasteiger partial charge in [-0.25, -0.2) is 4.39 Å². The van der Waals surface area contributed by atoms with Gasteiger partial charge in [-0.3, -0.25) is 0 Å². The molecule has 0 radical (unpaired) electrons. The highest BCUT2D eigenvalue weighted by Crippen LogP contribution is 2.41. The zero-order valence-corrected chi connectivity index (χ0v) is 8.53. The number of hydrogen-bond donors (Lipinski definition) is 1. The Bertz CT molecular complexity index is 417. The molecular weight excluding hydrogens is 215 g/mol. The van der Waals surface area contributed by atoms with E-state index in [9.17, 15) is 14.3 Å². The normalized spacial score (nSPS) is 13.6. The Kier molecular flexibility index (Phi) is 2.94. The van der Waals surface area contributed by atoms with Crippen molar-refractivity contribution < 1.29 is 23.8 Å². The van der Waals surface area contributed by atoms with Crippen LogP contribution < -0.4 is 9.47 Å². The Morgan fingerprint density at radius 1 is 1.44 bits per heavy atom. The third-order valence-electron chi connectivity index (χ3n) is 2.37. The second-order valence-corrected chi connectivity index (χ2v) is 3.42. The second-order valence-electron chi connectivity index (χ2n) is 3.42. The summed E-state index contributed by atoms with van der Waals surface area (Å²) in [6, 6.07) is 1.09. The van der Waals surface area contributed by atoms with E-state index in [1.807, 2.05) is 0 Å². The van der Waals surface area contributed by atoms with Crippen molar-refractivity contribution in [3.05, 3.63) is 17.4 Å². The highest BCUT2D eigenvalue weighted by Gasteiger charge is 2.22. The molecule has 0 spiro atoms. The van der Waals surface area contributed by atoms with E-state index in [0.717, 1.165) is 6.07 Å². The summed E-state index contributed by atoms with van der Waals surface area (Å²) in [5.41, 5.74) is 0.293. The highest BCUT2D eigenvalue weighted by atomic mass is 19.1. The van der Waals surface area contributed by atoms with Gasteiger partial charge in [-0.2, -0.15) is 0 Å². The number of halogens is 1. The molecule has 1 heterocycles. The first-order chi connectivity index (χ1) is 7.74. The van der Waals surface area contributed by atoms with Gasteiger partial charge in [0.25, 0.3) is 0 Å². The SMILES string of the molecule is O=CCCc1c(O)c(F)cc2c1OCCO2. The van der Waals surface area contributed by atoms with E-state index in [0.29, 0.717) is 30.8 Å². The van der Waals surface area contributed by atoms with Crippen LogP contribution >= 0.6 is 0 Å². The van der Waals surface area contributed by atoms with Crippen LogP contribution in [0.4, 0.5) is 4.39 Å². The van der Waals surface area contributed by atoms with Crippen LogP contribution in [0.25, 0.3) is 0 Å². The van der Waals surface area contributed by atoms with E-state index < -0.39 is 11.6 Å². The maximum absolute atomic E-state index is 13.3. The topological polar surface area (TPSA) is 55.8 Å². The van der Waals surface area contributed by atoms with Gasteiger partial charge in [-0.05, 0) is 6.42 Å². The van der Waals surface area contributed by atoms with Crippen LogP contribution in [0.5, 0.6) is 17.2 Å². The molecule has 4 nitrogen and oxygen atoms in total. The van der Waals surface area contributed by atoms with Crippen molar-refractivity contribution in [1.82, 2.24) is 0 Å². The first kappa shape index (κ1) is 10.7.